The van der Waals surface area contributed by atoms with Gasteiger partial charge in [0.2, 0.25) is 0 Å². The minimum atomic E-state index is -1.73. The molecular weight excluding hydrogens is 510 g/mol. The van der Waals surface area contributed by atoms with Crippen LogP contribution in [0.4, 0.5) is 17.6 Å². The Morgan fingerprint density at radius 1 is 1.08 bits per heavy atom. The third-order valence-electron chi connectivity index (χ3n) is 5.85. The number of aromatic nitrogens is 3. The van der Waals surface area contributed by atoms with Crippen molar-refractivity contribution in [3.63, 3.8) is 0 Å². The fourth-order valence-corrected chi connectivity index (χ4v) is 5.20. The zero-order valence-electron chi connectivity index (χ0n) is 19.8. The van der Waals surface area contributed by atoms with E-state index in [1.165, 1.54) is 53.4 Å². The Morgan fingerprint density at radius 2 is 1.78 bits per heavy atom. The molecular formula is C26H25F4N3O3S. The van der Waals surface area contributed by atoms with Crippen molar-refractivity contribution in [2.24, 2.45) is 0 Å². The average Bonchev–Trinajstić information content (AvgIpc) is 3.36. The molecule has 0 saturated carbocycles. The Labute approximate surface area is 215 Å². The van der Waals surface area contributed by atoms with Gasteiger partial charge in [-0.3, -0.25) is 0 Å². The second-order valence-corrected chi connectivity index (χ2v) is 10.1. The Morgan fingerprint density at radius 3 is 2.43 bits per heavy atom. The molecule has 1 saturated heterocycles. The highest BCUT2D eigenvalue weighted by Gasteiger charge is 2.41. The van der Waals surface area contributed by atoms with Gasteiger partial charge in [0.25, 0.3) is 0 Å². The number of benzene rings is 2. The number of halogens is 4. The van der Waals surface area contributed by atoms with E-state index in [4.69, 9.17) is 9.47 Å². The van der Waals surface area contributed by atoms with Crippen LogP contribution in [0.1, 0.15) is 18.1 Å². The Hall–Kier alpha value is -2.99. The quantitative estimate of drug-likeness (QED) is 0.312. The van der Waals surface area contributed by atoms with Crippen molar-refractivity contribution in [1.82, 2.24) is 14.8 Å². The largest absolute Gasteiger partial charge is 0.382 e. The lowest BCUT2D eigenvalue weighted by Gasteiger charge is -2.37. The molecule has 6 nitrogen and oxygen atoms in total. The summed E-state index contributed by atoms with van der Waals surface area (Å²) in [6.45, 7) is 2.25. The molecule has 196 valence electrons. The standard InChI is InChI=1S/C26H25F4N3O3S/c1-17(26(34,14-33-16-31-15-32-33)22-9-8-20(28)11-24(22)30)37-21-12-35-25(36-13-21)5-3-2-4-18-6-7-19(27)10-23(18)29/h2-11,15-17,21,25,34H,12-14H2,1H3/b4-2+,5-3+/t17-,21-,25-,26-/m1/s1. The van der Waals surface area contributed by atoms with Crippen molar-refractivity contribution in [3.8, 4) is 0 Å². The SMILES string of the molecule is C[C@@H](S[C@H]1CO[C@H](/C=C/C=C/c2ccc(F)cc2F)OC1)[C@](O)(Cn1cncn1)c1ccc(F)cc1F. The monoisotopic (exact) mass is 535 g/mol. The first-order chi connectivity index (χ1) is 17.7. The van der Waals surface area contributed by atoms with Gasteiger partial charge < -0.3 is 14.6 Å². The molecule has 11 heteroatoms. The van der Waals surface area contributed by atoms with Crippen LogP contribution >= 0.6 is 11.8 Å². The summed E-state index contributed by atoms with van der Waals surface area (Å²) in [6, 6.07) is 6.40. The van der Waals surface area contributed by atoms with Crippen molar-refractivity contribution in [1.29, 1.82) is 0 Å². The Kier molecular flexibility index (Phi) is 8.80. The van der Waals surface area contributed by atoms with E-state index in [-0.39, 0.29) is 22.9 Å². The summed E-state index contributed by atoms with van der Waals surface area (Å²) < 4.78 is 67.8. The lowest BCUT2D eigenvalue weighted by molar-refractivity contribution is -0.146. The van der Waals surface area contributed by atoms with Crippen LogP contribution in [0.2, 0.25) is 0 Å². The van der Waals surface area contributed by atoms with E-state index in [1.807, 2.05) is 0 Å². The second kappa shape index (κ2) is 12.0. The van der Waals surface area contributed by atoms with E-state index in [0.717, 1.165) is 18.2 Å². The minimum absolute atomic E-state index is 0.0489. The molecule has 4 rings (SSSR count). The van der Waals surface area contributed by atoms with Gasteiger partial charge in [-0.2, -0.15) is 5.10 Å². The third kappa shape index (κ3) is 6.86. The van der Waals surface area contributed by atoms with Crippen LogP contribution < -0.4 is 0 Å². The Balaban J connectivity index is 1.36. The second-order valence-electron chi connectivity index (χ2n) is 8.49. The lowest BCUT2D eigenvalue weighted by Crippen LogP contribution is -2.43. The number of ether oxygens (including phenoxy) is 2. The number of allylic oxidation sites excluding steroid dienone is 2. The predicted molar refractivity (Wildman–Crippen MR) is 131 cm³/mol. The van der Waals surface area contributed by atoms with E-state index in [0.29, 0.717) is 13.2 Å². The van der Waals surface area contributed by atoms with Crippen LogP contribution in [-0.4, -0.2) is 49.9 Å². The number of hydrogen-bond donors (Lipinski definition) is 1. The molecule has 1 N–H and O–H groups in total. The number of rotatable bonds is 9. The van der Waals surface area contributed by atoms with Gasteiger partial charge in [-0.1, -0.05) is 31.2 Å². The maximum atomic E-state index is 14.7. The van der Waals surface area contributed by atoms with Crippen LogP contribution in [-0.2, 0) is 21.6 Å². The van der Waals surface area contributed by atoms with Crippen molar-refractivity contribution >= 4 is 17.8 Å². The molecule has 0 amide bonds. The molecule has 1 aliphatic heterocycles. The molecule has 1 aliphatic rings. The molecule has 0 aliphatic carbocycles. The average molecular weight is 536 g/mol. The molecule has 2 aromatic carbocycles. The maximum Gasteiger partial charge on any atom is 0.177 e. The fraction of sp³-hybridized carbons (Fsp3) is 0.308. The highest BCUT2D eigenvalue weighted by Crippen LogP contribution is 2.38. The number of nitrogens with zero attached hydrogens (tertiary/aromatic N) is 3. The van der Waals surface area contributed by atoms with Crippen molar-refractivity contribution in [3.05, 3.63) is 102 Å². The summed E-state index contributed by atoms with van der Waals surface area (Å²) in [6.07, 6.45) is 8.47. The van der Waals surface area contributed by atoms with Gasteiger partial charge in [0.15, 0.2) is 6.29 Å². The summed E-state index contributed by atoms with van der Waals surface area (Å²) in [4.78, 5) is 3.87. The number of hydrogen-bond acceptors (Lipinski definition) is 6. The highest BCUT2D eigenvalue weighted by molar-refractivity contribution is 8.00. The van der Waals surface area contributed by atoms with Crippen molar-refractivity contribution in [2.75, 3.05) is 13.2 Å². The smallest absolute Gasteiger partial charge is 0.177 e. The highest BCUT2D eigenvalue weighted by atomic mass is 32.2. The molecule has 2 atom stereocenters. The first-order valence-corrected chi connectivity index (χ1v) is 12.4. The van der Waals surface area contributed by atoms with Crippen LogP contribution in [0.25, 0.3) is 6.08 Å². The minimum Gasteiger partial charge on any atom is -0.382 e. The first kappa shape index (κ1) is 27.1. The topological polar surface area (TPSA) is 69.4 Å². The molecule has 2 heterocycles. The van der Waals surface area contributed by atoms with E-state index < -0.39 is 40.4 Å². The molecule has 1 aromatic heterocycles. The van der Waals surface area contributed by atoms with Gasteiger partial charge in [-0.15, -0.1) is 11.8 Å². The van der Waals surface area contributed by atoms with Gasteiger partial charge in [0.05, 0.1) is 25.0 Å². The van der Waals surface area contributed by atoms with Gasteiger partial charge in [-0.05, 0) is 24.3 Å². The van der Waals surface area contributed by atoms with Crippen LogP contribution in [0.3, 0.4) is 0 Å². The van der Waals surface area contributed by atoms with E-state index in [9.17, 15) is 22.7 Å². The van der Waals surface area contributed by atoms with Gasteiger partial charge in [0, 0.05) is 28.5 Å². The molecule has 3 aromatic rings. The predicted octanol–water partition coefficient (Wildman–Crippen LogP) is 4.86. The molecule has 1 fully saturated rings. The van der Waals surface area contributed by atoms with Crippen LogP contribution in [0, 0.1) is 23.3 Å². The summed E-state index contributed by atoms with van der Waals surface area (Å²) in [5.74, 6) is -2.90. The first-order valence-electron chi connectivity index (χ1n) is 11.4. The number of thioether (sulfide) groups is 1. The van der Waals surface area contributed by atoms with Crippen LogP contribution in [0.5, 0.6) is 0 Å². The lowest BCUT2D eigenvalue weighted by atomic mass is 9.90. The van der Waals surface area contributed by atoms with Gasteiger partial charge >= 0.3 is 0 Å². The van der Waals surface area contributed by atoms with E-state index in [2.05, 4.69) is 10.1 Å². The summed E-state index contributed by atoms with van der Waals surface area (Å²) in [7, 11) is 0. The van der Waals surface area contributed by atoms with E-state index in [1.54, 1.807) is 25.2 Å². The zero-order valence-corrected chi connectivity index (χ0v) is 20.6. The van der Waals surface area contributed by atoms with E-state index >= 15 is 0 Å². The summed E-state index contributed by atoms with van der Waals surface area (Å²) in [5, 5.41) is 14.9. The normalized spacial score (nSPS) is 20.9. The molecule has 0 unspecified atom stereocenters. The molecule has 37 heavy (non-hydrogen) atoms. The van der Waals surface area contributed by atoms with Crippen molar-refractivity contribution < 1.29 is 32.1 Å². The molecule has 0 spiro atoms. The summed E-state index contributed by atoms with van der Waals surface area (Å²) >= 11 is 1.36. The molecule has 0 bridgehead atoms. The van der Waals surface area contributed by atoms with Crippen LogP contribution in [0.15, 0.2) is 67.3 Å². The van der Waals surface area contributed by atoms with Gasteiger partial charge in [-0.25, -0.2) is 27.2 Å². The third-order valence-corrected chi connectivity index (χ3v) is 7.30. The van der Waals surface area contributed by atoms with Gasteiger partial charge in [0.1, 0.15) is 41.5 Å². The summed E-state index contributed by atoms with van der Waals surface area (Å²) in [5.41, 5.74) is -1.53. The molecule has 0 radical (unpaired) electrons. The maximum absolute atomic E-state index is 14.7. The Bertz CT molecular complexity index is 1250. The zero-order chi connectivity index (χ0) is 26.4. The fourth-order valence-electron chi connectivity index (χ4n) is 3.88. The van der Waals surface area contributed by atoms with Crippen molar-refractivity contribution in [2.45, 2.75) is 35.9 Å². The number of aliphatic hydroxyl groups is 1.